The summed E-state index contributed by atoms with van der Waals surface area (Å²) in [5.74, 6) is -1.63. The van der Waals surface area contributed by atoms with Crippen molar-refractivity contribution in [2.75, 3.05) is 13.6 Å². The van der Waals surface area contributed by atoms with E-state index in [0.717, 1.165) is 12.8 Å². The number of nitrogens with zero attached hydrogens (tertiary/aromatic N) is 1. The standard InChI is InChI=1S/C15H19NO3/c1-16(14(17)12-10-13(12)15(18)19)9-5-8-11-6-3-2-4-7-11/h2-4,6-7,12-13H,5,8-10H2,1H3,(H,18,19)/t12-,13+/m1/s1. The van der Waals surface area contributed by atoms with Gasteiger partial charge in [-0.2, -0.15) is 0 Å². The molecule has 1 aliphatic rings. The predicted octanol–water partition coefficient (Wildman–Crippen LogP) is 1.80. The molecule has 0 bridgehead atoms. The molecule has 2 rings (SSSR count). The van der Waals surface area contributed by atoms with Gasteiger partial charge in [0, 0.05) is 13.6 Å². The molecule has 2 atom stereocenters. The molecule has 0 saturated heterocycles. The van der Waals surface area contributed by atoms with Gasteiger partial charge in [-0.25, -0.2) is 0 Å². The molecule has 1 aliphatic carbocycles. The average molecular weight is 261 g/mol. The lowest BCUT2D eigenvalue weighted by Crippen LogP contribution is -2.30. The highest BCUT2D eigenvalue weighted by Crippen LogP contribution is 2.39. The second kappa shape index (κ2) is 5.87. The molecule has 1 fully saturated rings. The van der Waals surface area contributed by atoms with Crippen molar-refractivity contribution in [3.05, 3.63) is 35.9 Å². The minimum atomic E-state index is -0.851. The smallest absolute Gasteiger partial charge is 0.307 e. The number of carbonyl (C=O) groups is 2. The van der Waals surface area contributed by atoms with E-state index in [1.807, 2.05) is 18.2 Å². The number of rotatable bonds is 6. The summed E-state index contributed by atoms with van der Waals surface area (Å²) < 4.78 is 0. The quantitative estimate of drug-likeness (QED) is 0.849. The van der Waals surface area contributed by atoms with Gasteiger partial charge in [-0.05, 0) is 24.8 Å². The van der Waals surface area contributed by atoms with Crippen LogP contribution in [0.25, 0.3) is 0 Å². The number of aryl methyl sites for hydroxylation is 1. The second-order valence-electron chi connectivity index (χ2n) is 5.14. The summed E-state index contributed by atoms with van der Waals surface area (Å²) in [7, 11) is 1.75. The maximum Gasteiger partial charge on any atom is 0.307 e. The zero-order valence-corrected chi connectivity index (χ0v) is 11.1. The summed E-state index contributed by atoms with van der Waals surface area (Å²) in [4.78, 5) is 24.3. The number of carboxylic acids is 1. The Balaban J connectivity index is 1.72. The lowest BCUT2D eigenvalue weighted by molar-refractivity contribution is -0.141. The summed E-state index contributed by atoms with van der Waals surface area (Å²) in [6, 6.07) is 10.1. The van der Waals surface area contributed by atoms with Crippen molar-refractivity contribution in [2.45, 2.75) is 19.3 Å². The van der Waals surface area contributed by atoms with E-state index in [1.54, 1.807) is 11.9 Å². The summed E-state index contributed by atoms with van der Waals surface area (Å²) in [6.07, 6.45) is 2.33. The summed E-state index contributed by atoms with van der Waals surface area (Å²) >= 11 is 0. The van der Waals surface area contributed by atoms with Crippen molar-refractivity contribution < 1.29 is 14.7 Å². The highest BCUT2D eigenvalue weighted by atomic mass is 16.4. The molecule has 0 unspecified atom stereocenters. The fourth-order valence-corrected chi connectivity index (χ4v) is 2.30. The topological polar surface area (TPSA) is 57.6 Å². The number of carboxylic acid groups (broad SMARTS) is 1. The molecule has 1 saturated carbocycles. The number of carbonyl (C=O) groups excluding carboxylic acids is 1. The van der Waals surface area contributed by atoms with E-state index in [0.29, 0.717) is 13.0 Å². The molecular weight excluding hydrogens is 242 g/mol. The second-order valence-corrected chi connectivity index (χ2v) is 5.14. The van der Waals surface area contributed by atoms with E-state index < -0.39 is 11.9 Å². The van der Waals surface area contributed by atoms with E-state index >= 15 is 0 Å². The molecule has 0 radical (unpaired) electrons. The van der Waals surface area contributed by atoms with Gasteiger partial charge in [-0.3, -0.25) is 9.59 Å². The van der Waals surface area contributed by atoms with Crippen LogP contribution in [0.1, 0.15) is 18.4 Å². The third-order valence-electron chi connectivity index (χ3n) is 3.60. The van der Waals surface area contributed by atoms with E-state index in [9.17, 15) is 9.59 Å². The molecule has 19 heavy (non-hydrogen) atoms. The van der Waals surface area contributed by atoms with Crippen molar-refractivity contribution >= 4 is 11.9 Å². The molecule has 0 heterocycles. The Morgan fingerprint density at radius 1 is 1.26 bits per heavy atom. The lowest BCUT2D eigenvalue weighted by atomic mass is 10.1. The Hall–Kier alpha value is -1.84. The van der Waals surface area contributed by atoms with Crippen molar-refractivity contribution in [1.82, 2.24) is 4.90 Å². The van der Waals surface area contributed by atoms with Gasteiger partial charge in [0.05, 0.1) is 11.8 Å². The van der Waals surface area contributed by atoms with Crippen LogP contribution in [0.15, 0.2) is 30.3 Å². The predicted molar refractivity (Wildman–Crippen MR) is 71.6 cm³/mol. The van der Waals surface area contributed by atoms with Crippen LogP contribution in [0.3, 0.4) is 0 Å². The van der Waals surface area contributed by atoms with Gasteiger partial charge in [-0.15, -0.1) is 0 Å². The molecule has 1 amide bonds. The molecule has 1 aromatic rings. The van der Waals surface area contributed by atoms with Crippen LogP contribution in [-0.4, -0.2) is 35.5 Å². The van der Waals surface area contributed by atoms with Gasteiger partial charge in [0.15, 0.2) is 0 Å². The minimum Gasteiger partial charge on any atom is -0.481 e. The van der Waals surface area contributed by atoms with Crippen LogP contribution in [0.4, 0.5) is 0 Å². The largest absolute Gasteiger partial charge is 0.481 e. The summed E-state index contributed by atoms with van der Waals surface area (Å²) in [5.41, 5.74) is 1.26. The first-order chi connectivity index (χ1) is 9.09. The third-order valence-corrected chi connectivity index (χ3v) is 3.60. The van der Waals surface area contributed by atoms with Crippen molar-refractivity contribution in [1.29, 1.82) is 0 Å². The third kappa shape index (κ3) is 3.56. The van der Waals surface area contributed by atoms with Crippen molar-refractivity contribution in [3.8, 4) is 0 Å². The molecule has 4 heteroatoms. The first-order valence-electron chi connectivity index (χ1n) is 6.61. The Kier molecular flexibility index (Phi) is 4.20. The number of amides is 1. The molecule has 102 valence electrons. The Morgan fingerprint density at radius 2 is 1.95 bits per heavy atom. The first-order valence-corrected chi connectivity index (χ1v) is 6.61. The van der Waals surface area contributed by atoms with Crippen LogP contribution < -0.4 is 0 Å². The highest BCUT2D eigenvalue weighted by Gasteiger charge is 2.49. The maximum atomic E-state index is 11.9. The molecule has 0 aromatic heterocycles. The fraction of sp³-hybridized carbons (Fsp3) is 0.467. The Bertz CT molecular complexity index is 458. The van der Waals surface area contributed by atoms with Gasteiger partial charge in [0.2, 0.25) is 5.91 Å². The number of aliphatic carboxylic acids is 1. The number of benzene rings is 1. The normalized spacial score (nSPS) is 20.9. The van der Waals surface area contributed by atoms with Crippen molar-refractivity contribution in [3.63, 3.8) is 0 Å². The van der Waals surface area contributed by atoms with Crippen LogP contribution in [0.5, 0.6) is 0 Å². The first kappa shape index (κ1) is 13.6. The Labute approximate surface area is 113 Å². The van der Waals surface area contributed by atoms with Crippen molar-refractivity contribution in [2.24, 2.45) is 11.8 Å². The SMILES string of the molecule is CN(CCCc1ccccc1)C(=O)[C@@H]1C[C@@H]1C(=O)O. The fourth-order valence-electron chi connectivity index (χ4n) is 2.30. The van der Waals surface area contributed by atoms with E-state index in [-0.39, 0.29) is 11.8 Å². The van der Waals surface area contributed by atoms with E-state index in [1.165, 1.54) is 5.56 Å². The summed E-state index contributed by atoms with van der Waals surface area (Å²) in [5, 5.41) is 8.81. The zero-order chi connectivity index (χ0) is 13.8. The molecule has 4 nitrogen and oxygen atoms in total. The van der Waals surface area contributed by atoms with Crippen LogP contribution in [-0.2, 0) is 16.0 Å². The van der Waals surface area contributed by atoms with E-state index in [2.05, 4.69) is 12.1 Å². The lowest BCUT2D eigenvalue weighted by Gasteiger charge is -2.16. The van der Waals surface area contributed by atoms with Gasteiger partial charge < -0.3 is 10.0 Å². The molecule has 1 aromatic carbocycles. The van der Waals surface area contributed by atoms with Gasteiger partial charge in [0.25, 0.3) is 0 Å². The maximum absolute atomic E-state index is 11.9. The Morgan fingerprint density at radius 3 is 2.53 bits per heavy atom. The average Bonchev–Trinajstić information content (AvgIpc) is 3.19. The number of hydrogen-bond acceptors (Lipinski definition) is 2. The van der Waals surface area contributed by atoms with Gasteiger partial charge >= 0.3 is 5.97 Å². The molecular formula is C15H19NO3. The molecule has 1 N–H and O–H groups in total. The molecule has 0 aliphatic heterocycles. The monoisotopic (exact) mass is 261 g/mol. The van der Waals surface area contributed by atoms with Gasteiger partial charge in [-0.1, -0.05) is 30.3 Å². The molecule has 0 spiro atoms. The number of hydrogen-bond donors (Lipinski definition) is 1. The zero-order valence-electron chi connectivity index (χ0n) is 11.1. The van der Waals surface area contributed by atoms with Crippen LogP contribution >= 0.6 is 0 Å². The van der Waals surface area contributed by atoms with E-state index in [4.69, 9.17) is 5.11 Å². The minimum absolute atomic E-state index is 0.0274. The van der Waals surface area contributed by atoms with Gasteiger partial charge in [0.1, 0.15) is 0 Å². The highest BCUT2D eigenvalue weighted by molar-refractivity contribution is 5.89. The van der Waals surface area contributed by atoms with Crippen LogP contribution in [0, 0.1) is 11.8 Å². The van der Waals surface area contributed by atoms with Crippen LogP contribution in [0.2, 0.25) is 0 Å². The summed E-state index contributed by atoms with van der Waals surface area (Å²) in [6.45, 7) is 0.677.